The quantitative estimate of drug-likeness (QED) is 0.138. The van der Waals surface area contributed by atoms with Crippen molar-refractivity contribution in [2.75, 3.05) is 43.5 Å². The molecule has 3 aromatic rings. The zero-order chi connectivity index (χ0) is 30.1. The summed E-state index contributed by atoms with van der Waals surface area (Å²) in [5, 5.41) is 6.11. The smallest absolute Gasteiger partial charge is 0.345 e. The summed E-state index contributed by atoms with van der Waals surface area (Å²) in [6, 6.07) is 7.10. The van der Waals surface area contributed by atoms with Gasteiger partial charge in [0.2, 0.25) is 5.91 Å². The number of hydrogen-bond donors (Lipinski definition) is 2. The van der Waals surface area contributed by atoms with Crippen LogP contribution in [0.5, 0.6) is 5.75 Å². The summed E-state index contributed by atoms with van der Waals surface area (Å²) in [6.45, 7) is -4.88. The standard InChI is InChI=1S/C27H27ClF5N5O4/c28-19-12-16(3-4-20(19)29)36-25-18-13-22(23(14-21(18)34-15-35-25)40-10-11-41-26(30)31)37-24(39)2-1-7-38-8-5-17(6-9-38)42-27(32)33/h1-4,12-15,17,26-27H,5-11H2,(H,37,39)(H,34,35,36)/b2-1+. The normalized spacial score (nSPS) is 14.8. The molecule has 1 aliphatic rings. The topological polar surface area (TPSA) is 97.8 Å². The van der Waals surface area contributed by atoms with Crippen LogP contribution in [-0.2, 0) is 14.3 Å². The highest BCUT2D eigenvalue weighted by Crippen LogP contribution is 2.34. The number of likely N-dealkylation sites (tertiary alicyclic amines) is 1. The lowest BCUT2D eigenvalue weighted by molar-refractivity contribution is -0.172. The van der Waals surface area contributed by atoms with E-state index in [1.54, 1.807) is 12.1 Å². The largest absolute Gasteiger partial charge is 0.489 e. The number of fused-ring (bicyclic) bond motifs is 1. The van der Waals surface area contributed by atoms with Crippen molar-refractivity contribution in [3.05, 3.63) is 59.7 Å². The van der Waals surface area contributed by atoms with Crippen molar-refractivity contribution in [3.8, 4) is 5.75 Å². The molecule has 0 unspecified atom stereocenters. The van der Waals surface area contributed by atoms with Crippen LogP contribution in [0.15, 0.2) is 48.8 Å². The third kappa shape index (κ3) is 9.21. The molecule has 9 nitrogen and oxygen atoms in total. The van der Waals surface area contributed by atoms with Crippen LogP contribution in [0.25, 0.3) is 10.9 Å². The number of alkyl halides is 4. The first-order valence-corrected chi connectivity index (χ1v) is 13.2. The number of hydrogen-bond acceptors (Lipinski definition) is 8. The van der Waals surface area contributed by atoms with Crippen molar-refractivity contribution >= 4 is 45.6 Å². The van der Waals surface area contributed by atoms with Crippen LogP contribution in [-0.4, -0.2) is 73.0 Å². The molecule has 0 bridgehead atoms. The van der Waals surface area contributed by atoms with Crippen molar-refractivity contribution < 1.29 is 41.0 Å². The Kier molecular flexibility index (Phi) is 11.2. The molecule has 2 aromatic carbocycles. The number of nitrogens with zero attached hydrogens (tertiary/aromatic N) is 3. The van der Waals surface area contributed by atoms with E-state index >= 15 is 0 Å². The maximum absolute atomic E-state index is 13.6. The van der Waals surface area contributed by atoms with Crippen LogP contribution >= 0.6 is 11.6 Å². The Bertz CT molecular complexity index is 1390. The molecule has 42 heavy (non-hydrogen) atoms. The average Bonchev–Trinajstić information content (AvgIpc) is 2.94. The van der Waals surface area contributed by atoms with Crippen LogP contribution in [0.3, 0.4) is 0 Å². The molecule has 1 saturated heterocycles. The predicted molar refractivity (Wildman–Crippen MR) is 146 cm³/mol. The summed E-state index contributed by atoms with van der Waals surface area (Å²) in [5.74, 6) is -0.621. The van der Waals surface area contributed by atoms with E-state index < -0.39 is 37.7 Å². The highest BCUT2D eigenvalue weighted by atomic mass is 35.5. The molecule has 4 rings (SSSR count). The number of ether oxygens (including phenoxy) is 3. The molecule has 1 fully saturated rings. The van der Waals surface area contributed by atoms with E-state index in [1.807, 2.05) is 4.90 Å². The van der Waals surface area contributed by atoms with E-state index in [0.29, 0.717) is 54.9 Å². The predicted octanol–water partition coefficient (Wildman–Crippen LogP) is 5.98. The lowest BCUT2D eigenvalue weighted by Crippen LogP contribution is -2.37. The molecular formula is C27H27ClF5N5O4. The number of rotatable bonds is 13. The highest BCUT2D eigenvalue weighted by Gasteiger charge is 2.22. The van der Waals surface area contributed by atoms with E-state index in [9.17, 15) is 26.7 Å². The van der Waals surface area contributed by atoms with Crippen molar-refractivity contribution in [3.63, 3.8) is 0 Å². The van der Waals surface area contributed by atoms with E-state index in [0.717, 1.165) is 0 Å². The molecule has 2 N–H and O–H groups in total. The van der Waals surface area contributed by atoms with Crippen molar-refractivity contribution in [1.29, 1.82) is 0 Å². The number of aromatic nitrogens is 2. The Morgan fingerprint density at radius 1 is 1.10 bits per heavy atom. The molecule has 1 amide bonds. The van der Waals surface area contributed by atoms with Gasteiger partial charge in [0, 0.05) is 42.9 Å². The Labute approximate surface area is 242 Å². The number of anilines is 3. The molecule has 2 heterocycles. The van der Waals surface area contributed by atoms with Gasteiger partial charge in [0.05, 0.1) is 28.9 Å². The minimum absolute atomic E-state index is 0.0920. The van der Waals surface area contributed by atoms with Gasteiger partial charge >= 0.3 is 13.2 Å². The van der Waals surface area contributed by atoms with Gasteiger partial charge in [-0.15, -0.1) is 0 Å². The Balaban J connectivity index is 1.49. The molecule has 226 valence electrons. The van der Waals surface area contributed by atoms with Gasteiger partial charge in [-0.1, -0.05) is 17.7 Å². The van der Waals surface area contributed by atoms with Crippen molar-refractivity contribution in [2.45, 2.75) is 32.2 Å². The number of carbonyl (C=O) groups excluding carboxylic acids is 1. The molecule has 0 radical (unpaired) electrons. The first-order chi connectivity index (χ1) is 20.2. The lowest BCUT2D eigenvalue weighted by Gasteiger charge is -2.30. The Hall–Kier alpha value is -3.59. The van der Waals surface area contributed by atoms with Crippen LogP contribution in [0, 0.1) is 5.82 Å². The molecule has 0 atom stereocenters. The molecule has 15 heteroatoms. The monoisotopic (exact) mass is 615 g/mol. The second kappa shape index (κ2) is 15.0. The summed E-state index contributed by atoms with van der Waals surface area (Å²) in [4.78, 5) is 23.2. The van der Waals surface area contributed by atoms with E-state index in [4.69, 9.17) is 16.3 Å². The van der Waals surface area contributed by atoms with Gasteiger partial charge in [0.1, 0.15) is 30.3 Å². The fraction of sp³-hybridized carbons (Fsp3) is 0.370. The summed E-state index contributed by atoms with van der Waals surface area (Å²) in [5.41, 5.74) is 1.05. The number of benzene rings is 2. The summed E-state index contributed by atoms with van der Waals surface area (Å²) >= 11 is 5.89. The lowest BCUT2D eigenvalue weighted by atomic mass is 10.1. The molecule has 1 aromatic heterocycles. The minimum Gasteiger partial charge on any atom is -0.489 e. The maximum atomic E-state index is 13.6. The third-order valence-corrected chi connectivity index (χ3v) is 6.51. The van der Waals surface area contributed by atoms with Gasteiger partial charge in [-0.25, -0.2) is 14.4 Å². The average molecular weight is 616 g/mol. The van der Waals surface area contributed by atoms with Gasteiger partial charge in [-0.05, 0) is 37.1 Å². The Morgan fingerprint density at radius 3 is 2.60 bits per heavy atom. The third-order valence-electron chi connectivity index (χ3n) is 6.22. The van der Waals surface area contributed by atoms with E-state index in [-0.39, 0.29) is 23.1 Å². The molecule has 0 saturated carbocycles. The summed E-state index contributed by atoms with van der Waals surface area (Å²) < 4.78 is 77.6. The van der Waals surface area contributed by atoms with E-state index in [2.05, 4.69) is 30.1 Å². The first-order valence-electron chi connectivity index (χ1n) is 12.8. The molecule has 0 aliphatic carbocycles. The second-order valence-corrected chi connectivity index (χ2v) is 9.52. The van der Waals surface area contributed by atoms with Gasteiger partial charge in [0.15, 0.2) is 0 Å². The van der Waals surface area contributed by atoms with Gasteiger partial charge < -0.3 is 24.8 Å². The van der Waals surface area contributed by atoms with Crippen LogP contribution in [0.1, 0.15) is 12.8 Å². The van der Waals surface area contributed by atoms with Crippen LogP contribution in [0.4, 0.5) is 39.1 Å². The first kappa shape index (κ1) is 31.3. The van der Waals surface area contributed by atoms with Crippen LogP contribution in [0.2, 0.25) is 5.02 Å². The molecular weight excluding hydrogens is 589 g/mol. The Morgan fingerprint density at radius 2 is 1.88 bits per heavy atom. The number of nitrogens with one attached hydrogen (secondary N) is 2. The fourth-order valence-corrected chi connectivity index (χ4v) is 4.44. The summed E-state index contributed by atoms with van der Waals surface area (Å²) in [7, 11) is 0. The van der Waals surface area contributed by atoms with Crippen LogP contribution < -0.4 is 15.4 Å². The number of halogens is 6. The second-order valence-electron chi connectivity index (χ2n) is 9.11. The SMILES string of the molecule is O=C(/C=C/CN1CCC(OC(F)F)CC1)Nc1cc2c(Nc3ccc(F)c(Cl)c3)ncnc2cc1OCCOC(F)F. The van der Waals surface area contributed by atoms with E-state index in [1.165, 1.54) is 36.7 Å². The maximum Gasteiger partial charge on any atom is 0.345 e. The van der Waals surface area contributed by atoms with Gasteiger partial charge in [0.25, 0.3) is 0 Å². The number of piperidine rings is 1. The highest BCUT2D eigenvalue weighted by molar-refractivity contribution is 6.31. The molecule has 1 aliphatic heterocycles. The summed E-state index contributed by atoms with van der Waals surface area (Å²) in [6.07, 6.45) is 4.66. The zero-order valence-corrected chi connectivity index (χ0v) is 22.8. The van der Waals surface area contributed by atoms with Crippen molar-refractivity contribution in [2.24, 2.45) is 0 Å². The fourth-order valence-electron chi connectivity index (χ4n) is 4.26. The number of amides is 1. The number of carbonyl (C=O) groups is 1. The van der Waals surface area contributed by atoms with Gasteiger partial charge in [-0.3, -0.25) is 9.69 Å². The molecule has 0 spiro atoms. The van der Waals surface area contributed by atoms with Gasteiger partial charge in [-0.2, -0.15) is 17.6 Å². The minimum atomic E-state index is -2.96. The zero-order valence-electron chi connectivity index (χ0n) is 22.0. The van der Waals surface area contributed by atoms with Crippen molar-refractivity contribution in [1.82, 2.24) is 14.9 Å².